The molecule has 19 heavy (non-hydrogen) atoms. The number of aromatic nitrogens is 1. The molecule has 0 fully saturated rings. The topological polar surface area (TPSA) is 33.2 Å². The van der Waals surface area contributed by atoms with Gasteiger partial charge in [-0.05, 0) is 12.1 Å². The minimum atomic E-state index is 0.0619. The Labute approximate surface area is 117 Å². The highest BCUT2D eigenvalue weighted by atomic mass is 32.1. The number of amides is 1. The van der Waals surface area contributed by atoms with Gasteiger partial charge in [-0.25, -0.2) is 4.98 Å². The van der Waals surface area contributed by atoms with Gasteiger partial charge in [-0.1, -0.05) is 32.0 Å². The molecular formula is C15H18N2OS. The second kappa shape index (κ2) is 5.97. The van der Waals surface area contributed by atoms with E-state index in [1.54, 1.807) is 23.3 Å². The number of anilines is 1. The molecule has 0 radical (unpaired) electrons. The lowest BCUT2D eigenvalue weighted by atomic mass is 10.2. The molecule has 100 valence electrons. The summed E-state index contributed by atoms with van der Waals surface area (Å²) in [4.78, 5) is 18.4. The predicted octanol–water partition coefficient (Wildman–Crippen LogP) is 3.47. The summed E-state index contributed by atoms with van der Waals surface area (Å²) in [5, 5.41) is 3.07. The van der Waals surface area contributed by atoms with Crippen LogP contribution in [0.15, 0.2) is 35.7 Å². The van der Waals surface area contributed by atoms with Crippen molar-refractivity contribution in [2.24, 2.45) is 0 Å². The van der Waals surface area contributed by atoms with E-state index in [0.717, 1.165) is 16.4 Å². The lowest BCUT2D eigenvalue weighted by molar-refractivity contribution is -0.117. The summed E-state index contributed by atoms with van der Waals surface area (Å²) in [6.45, 7) is 4.22. The van der Waals surface area contributed by atoms with Crippen molar-refractivity contribution in [1.82, 2.24) is 4.98 Å². The van der Waals surface area contributed by atoms with Crippen LogP contribution in [0.4, 0.5) is 5.69 Å². The summed E-state index contributed by atoms with van der Waals surface area (Å²) < 4.78 is 0. The molecule has 0 N–H and O–H groups in total. The molecule has 0 aliphatic rings. The number of nitrogens with zero attached hydrogens (tertiary/aromatic N) is 2. The zero-order valence-corrected chi connectivity index (χ0v) is 12.3. The van der Waals surface area contributed by atoms with Crippen molar-refractivity contribution in [3.05, 3.63) is 46.4 Å². The van der Waals surface area contributed by atoms with Crippen LogP contribution in [0.5, 0.6) is 0 Å². The fourth-order valence-electron chi connectivity index (χ4n) is 1.74. The zero-order valence-electron chi connectivity index (χ0n) is 11.5. The summed E-state index contributed by atoms with van der Waals surface area (Å²) in [6, 6.07) is 9.66. The smallest absolute Gasteiger partial charge is 0.232 e. The number of rotatable bonds is 4. The van der Waals surface area contributed by atoms with Gasteiger partial charge in [-0.2, -0.15) is 0 Å². The van der Waals surface area contributed by atoms with Crippen molar-refractivity contribution in [3.63, 3.8) is 0 Å². The summed E-state index contributed by atoms with van der Waals surface area (Å²) in [7, 11) is 1.80. The number of likely N-dealkylation sites (N-methyl/N-ethyl adjacent to an activating group) is 1. The van der Waals surface area contributed by atoms with Crippen LogP contribution in [0.1, 0.15) is 30.5 Å². The highest BCUT2D eigenvalue weighted by molar-refractivity contribution is 7.09. The first-order valence-electron chi connectivity index (χ1n) is 6.34. The van der Waals surface area contributed by atoms with Gasteiger partial charge in [-0.15, -0.1) is 11.3 Å². The Morgan fingerprint density at radius 2 is 2.00 bits per heavy atom. The fraction of sp³-hybridized carbons (Fsp3) is 0.333. The van der Waals surface area contributed by atoms with Crippen LogP contribution in [-0.2, 0) is 11.2 Å². The Balaban J connectivity index is 2.04. The van der Waals surface area contributed by atoms with Crippen molar-refractivity contribution in [2.75, 3.05) is 11.9 Å². The summed E-state index contributed by atoms with van der Waals surface area (Å²) in [5.74, 6) is 0.479. The molecule has 1 amide bonds. The predicted molar refractivity (Wildman–Crippen MR) is 79.8 cm³/mol. The van der Waals surface area contributed by atoms with Gasteiger partial charge in [0.25, 0.3) is 0 Å². The first-order valence-corrected chi connectivity index (χ1v) is 7.22. The van der Waals surface area contributed by atoms with E-state index >= 15 is 0 Å². The Morgan fingerprint density at radius 3 is 2.58 bits per heavy atom. The number of thiazole rings is 1. The van der Waals surface area contributed by atoms with Crippen LogP contribution in [0, 0.1) is 0 Å². The van der Waals surface area contributed by atoms with Gasteiger partial charge >= 0.3 is 0 Å². The van der Waals surface area contributed by atoms with Crippen LogP contribution in [0.25, 0.3) is 0 Å². The first kappa shape index (κ1) is 13.7. The Hall–Kier alpha value is -1.68. The van der Waals surface area contributed by atoms with E-state index in [-0.39, 0.29) is 5.91 Å². The number of benzene rings is 1. The summed E-state index contributed by atoms with van der Waals surface area (Å²) in [6.07, 6.45) is 0.356. The molecule has 3 nitrogen and oxygen atoms in total. The van der Waals surface area contributed by atoms with Crippen LogP contribution in [-0.4, -0.2) is 17.9 Å². The largest absolute Gasteiger partial charge is 0.315 e. The molecule has 4 heteroatoms. The monoisotopic (exact) mass is 274 g/mol. The van der Waals surface area contributed by atoms with Crippen molar-refractivity contribution in [3.8, 4) is 0 Å². The number of hydrogen-bond donors (Lipinski definition) is 0. The number of carbonyl (C=O) groups is 1. The van der Waals surface area contributed by atoms with E-state index in [2.05, 4.69) is 18.8 Å². The summed E-state index contributed by atoms with van der Waals surface area (Å²) in [5.41, 5.74) is 1.77. The number of para-hydroxylation sites is 1. The Bertz CT molecular complexity index is 548. The van der Waals surface area contributed by atoms with E-state index < -0.39 is 0 Å². The second-order valence-electron chi connectivity index (χ2n) is 4.80. The molecule has 0 bridgehead atoms. The van der Waals surface area contributed by atoms with E-state index in [4.69, 9.17) is 0 Å². The van der Waals surface area contributed by atoms with E-state index in [1.807, 2.05) is 35.7 Å². The maximum atomic E-state index is 12.2. The van der Waals surface area contributed by atoms with E-state index in [9.17, 15) is 4.79 Å². The fourth-order valence-corrected chi connectivity index (χ4v) is 2.57. The quantitative estimate of drug-likeness (QED) is 0.855. The third-order valence-corrected chi connectivity index (χ3v) is 4.11. The lowest BCUT2D eigenvalue weighted by Crippen LogP contribution is -2.27. The lowest BCUT2D eigenvalue weighted by Gasteiger charge is -2.16. The maximum absolute atomic E-state index is 12.2. The average Bonchev–Trinajstić information content (AvgIpc) is 2.87. The molecule has 0 saturated carbocycles. The molecule has 0 aliphatic heterocycles. The SMILES string of the molecule is CC(C)c1nc(CC(=O)N(C)c2ccccc2)cs1. The first-order chi connectivity index (χ1) is 9.08. The zero-order chi connectivity index (χ0) is 13.8. The Morgan fingerprint density at radius 1 is 1.32 bits per heavy atom. The van der Waals surface area contributed by atoms with Gasteiger partial charge in [0.15, 0.2) is 0 Å². The van der Waals surface area contributed by atoms with Crippen LogP contribution in [0.2, 0.25) is 0 Å². The minimum absolute atomic E-state index is 0.0619. The molecule has 0 spiro atoms. The molecular weight excluding hydrogens is 256 g/mol. The van der Waals surface area contributed by atoms with Crippen molar-refractivity contribution in [1.29, 1.82) is 0 Å². The van der Waals surface area contributed by atoms with Crippen LogP contribution < -0.4 is 4.90 Å². The highest BCUT2D eigenvalue weighted by Crippen LogP contribution is 2.20. The molecule has 1 aromatic heterocycles. The maximum Gasteiger partial charge on any atom is 0.232 e. The minimum Gasteiger partial charge on any atom is -0.315 e. The molecule has 2 aromatic rings. The third kappa shape index (κ3) is 3.41. The van der Waals surface area contributed by atoms with E-state index in [0.29, 0.717) is 12.3 Å². The van der Waals surface area contributed by atoms with Gasteiger partial charge < -0.3 is 4.90 Å². The number of carbonyl (C=O) groups excluding carboxylic acids is 1. The molecule has 1 aromatic carbocycles. The van der Waals surface area contributed by atoms with Gasteiger partial charge in [0.2, 0.25) is 5.91 Å². The van der Waals surface area contributed by atoms with Gasteiger partial charge in [0, 0.05) is 24.0 Å². The van der Waals surface area contributed by atoms with Gasteiger partial charge in [0.1, 0.15) is 0 Å². The molecule has 0 unspecified atom stereocenters. The molecule has 2 rings (SSSR count). The molecule has 0 atom stereocenters. The Kier molecular flexibility index (Phi) is 4.32. The molecule has 0 saturated heterocycles. The van der Waals surface area contributed by atoms with Crippen molar-refractivity contribution in [2.45, 2.75) is 26.2 Å². The molecule has 1 heterocycles. The third-order valence-electron chi connectivity index (χ3n) is 2.91. The van der Waals surface area contributed by atoms with Crippen molar-refractivity contribution < 1.29 is 4.79 Å². The molecule has 0 aliphatic carbocycles. The average molecular weight is 274 g/mol. The van der Waals surface area contributed by atoms with Crippen LogP contribution >= 0.6 is 11.3 Å². The van der Waals surface area contributed by atoms with E-state index in [1.165, 1.54) is 0 Å². The highest BCUT2D eigenvalue weighted by Gasteiger charge is 2.14. The van der Waals surface area contributed by atoms with Crippen molar-refractivity contribution >= 4 is 22.9 Å². The number of hydrogen-bond acceptors (Lipinski definition) is 3. The summed E-state index contributed by atoms with van der Waals surface area (Å²) >= 11 is 1.63. The second-order valence-corrected chi connectivity index (χ2v) is 5.69. The van der Waals surface area contributed by atoms with Crippen LogP contribution in [0.3, 0.4) is 0 Å². The normalized spacial score (nSPS) is 10.7. The standard InChI is InChI=1S/C15H18N2OS/c1-11(2)15-16-12(10-19-15)9-14(18)17(3)13-7-5-4-6-8-13/h4-8,10-11H,9H2,1-3H3. The van der Waals surface area contributed by atoms with Gasteiger partial charge in [0.05, 0.1) is 17.1 Å². The van der Waals surface area contributed by atoms with Gasteiger partial charge in [-0.3, -0.25) is 4.79 Å².